The number of esters is 1. The van der Waals surface area contributed by atoms with Gasteiger partial charge in [0.25, 0.3) is 0 Å². The van der Waals surface area contributed by atoms with Gasteiger partial charge in [-0.1, -0.05) is 20.3 Å². The first kappa shape index (κ1) is 10.6. The molecular formula is C11H20O2. The summed E-state index contributed by atoms with van der Waals surface area (Å²) in [5.41, 5.74) is 0. The van der Waals surface area contributed by atoms with Gasteiger partial charge in [-0.3, -0.25) is 4.79 Å². The van der Waals surface area contributed by atoms with Gasteiger partial charge in [-0.15, -0.1) is 0 Å². The summed E-state index contributed by atoms with van der Waals surface area (Å²) < 4.78 is 5.26. The predicted molar refractivity (Wildman–Crippen MR) is 52.4 cm³/mol. The molecule has 1 aliphatic rings. The van der Waals surface area contributed by atoms with Crippen molar-refractivity contribution >= 4 is 5.97 Å². The van der Waals surface area contributed by atoms with Gasteiger partial charge in [-0.25, -0.2) is 0 Å². The predicted octanol–water partition coefficient (Wildman–Crippen LogP) is 2.76. The first-order valence-corrected chi connectivity index (χ1v) is 5.30. The summed E-state index contributed by atoms with van der Waals surface area (Å²) in [5, 5.41) is 0. The zero-order chi connectivity index (χ0) is 9.84. The number of hydrogen-bond donors (Lipinski definition) is 0. The highest BCUT2D eigenvalue weighted by molar-refractivity contribution is 5.66. The van der Waals surface area contributed by atoms with Gasteiger partial charge >= 0.3 is 5.97 Å². The van der Waals surface area contributed by atoms with E-state index in [4.69, 9.17) is 4.74 Å². The van der Waals surface area contributed by atoms with Gasteiger partial charge in [0.05, 0.1) is 0 Å². The SMILES string of the molecule is CCC1CCC(OC(C)=O)C(C)C1. The van der Waals surface area contributed by atoms with Crippen molar-refractivity contribution in [1.82, 2.24) is 0 Å². The third-order valence-corrected chi connectivity index (χ3v) is 3.09. The van der Waals surface area contributed by atoms with E-state index in [1.54, 1.807) is 0 Å². The van der Waals surface area contributed by atoms with Gasteiger partial charge in [0.15, 0.2) is 0 Å². The second-order valence-electron chi connectivity index (χ2n) is 4.21. The molecule has 1 aliphatic carbocycles. The van der Waals surface area contributed by atoms with Gasteiger partial charge in [0.1, 0.15) is 6.10 Å². The van der Waals surface area contributed by atoms with E-state index in [9.17, 15) is 4.79 Å². The molecule has 13 heavy (non-hydrogen) atoms. The Bertz CT molecular complexity index is 177. The van der Waals surface area contributed by atoms with Gasteiger partial charge in [-0.05, 0) is 31.1 Å². The lowest BCUT2D eigenvalue weighted by molar-refractivity contribution is -0.151. The summed E-state index contributed by atoms with van der Waals surface area (Å²) in [6.07, 6.45) is 4.93. The van der Waals surface area contributed by atoms with E-state index < -0.39 is 0 Å². The van der Waals surface area contributed by atoms with Crippen molar-refractivity contribution in [1.29, 1.82) is 0 Å². The molecule has 0 N–H and O–H groups in total. The fraction of sp³-hybridized carbons (Fsp3) is 0.909. The van der Waals surface area contributed by atoms with Crippen LogP contribution in [0.2, 0.25) is 0 Å². The zero-order valence-corrected chi connectivity index (χ0v) is 8.88. The summed E-state index contributed by atoms with van der Waals surface area (Å²) in [5.74, 6) is 1.26. The maximum absolute atomic E-state index is 10.8. The Kier molecular flexibility index (Phi) is 3.76. The molecule has 76 valence electrons. The minimum atomic E-state index is -0.133. The molecule has 0 aliphatic heterocycles. The van der Waals surface area contributed by atoms with Crippen molar-refractivity contribution in [3.63, 3.8) is 0 Å². The molecule has 0 amide bonds. The Morgan fingerprint density at radius 2 is 2.15 bits per heavy atom. The maximum Gasteiger partial charge on any atom is 0.302 e. The third kappa shape index (κ3) is 3.02. The molecule has 0 radical (unpaired) electrons. The summed E-state index contributed by atoms with van der Waals surface area (Å²) in [7, 11) is 0. The van der Waals surface area contributed by atoms with Gasteiger partial charge in [0.2, 0.25) is 0 Å². The number of rotatable bonds is 2. The van der Waals surface area contributed by atoms with Crippen molar-refractivity contribution in [2.75, 3.05) is 0 Å². The molecule has 0 bridgehead atoms. The highest BCUT2D eigenvalue weighted by atomic mass is 16.5. The average Bonchev–Trinajstić information content (AvgIpc) is 2.08. The summed E-state index contributed by atoms with van der Waals surface area (Å²) in [6, 6.07) is 0. The molecule has 0 heterocycles. The van der Waals surface area contributed by atoms with Gasteiger partial charge < -0.3 is 4.74 Å². The van der Waals surface area contributed by atoms with Crippen LogP contribution in [0.1, 0.15) is 46.5 Å². The molecule has 3 unspecified atom stereocenters. The molecule has 0 saturated heterocycles. The van der Waals surface area contributed by atoms with E-state index in [1.165, 1.54) is 26.2 Å². The lowest BCUT2D eigenvalue weighted by Crippen LogP contribution is -2.30. The van der Waals surface area contributed by atoms with Crippen LogP contribution < -0.4 is 0 Å². The van der Waals surface area contributed by atoms with Crippen LogP contribution in [0.4, 0.5) is 0 Å². The highest BCUT2D eigenvalue weighted by Gasteiger charge is 2.28. The summed E-state index contributed by atoms with van der Waals surface area (Å²) >= 11 is 0. The Morgan fingerprint density at radius 1 is 1.46 bits per heavy atom. The maximum atomic E-state index is 10.8. The number of hydrogen-bond acceptors (Lipinski definition) is 2. The van der Waals surface area contributed by atoms with E-state index in [-0.39, 0.29) is 12.1 Å². The van der Waals surface area contributed by atoms with E-state index in [0.717, 1.165) is 12.3 Å². The molecule has 0 aromatic rings. The largest absolute Gasteiger partial charge is 0.462 e. The zero-order valence-electron chi connectivity index (χ0n) is 8.88. The molecule has 0 aromatic carbocycles. The lowest BCUT2D eigenvalue weighted by atomic mass is 9.79. The topological polar surface area (TPSA) is 26.3 Å². The Morgan fingerprint density at radius 3 is 2.62 bits per heavy atom. The van der Waals surface area contributed by atoms with Gasteiger partial charge in [0, 0.05) is 6.92 Å². The molecule has 1 rings (SSSR count). The fourth-order valence-electron chi connectivity index (χ4n) is 2.24. The quantitative estimate of drug-likeness (QED) is 0.617. The fourth-order valence-corrected chi connectivity index (χ4v) is 2.24. The van der Waals surface area contributed by atoms with Crippen LogP contribution in [0.25, 0.3) is 0 Å². The standard InChI is InChI=1S/C11H20O2/c1-4-10-5-6-11(8(2)7-10)13-9(3)12/h8,10-11H,4-7H2,1-3H3. The molecule has 0 aromatic heterocycles. The van der Waals surface area contributed by atoms with Crippen LogP contribution in [-0.4, -0.2) is 12.1 Å². The normalized spacial score (nSPS) is 34.2. The van der Waals surface area contributed by atoms with E-state index in [2.05, 4.69) is 13.8 Å². The van der Waals surface area contributed by atoms with Crippen LogP contribution in [0, 0.1) is 11.8 Å². The van der Waals surface area contributed by atoms with Crippen molar-refractivity contribution in [2.45, 2.75) is 52.6 Å². The Hall–Kier alpha value is -0.530. The van der Waals surface area contributed by atoms with E-state index >= 15 is 0 Å². The Labute approximate surface area is 80.7 Å². The van der Waals surface area contributed by atoms with Crippen LogP contribution in [0.3, 0.4) is 0 Å². The highest BCUT2D eigenvalue weighted by Crippen LogP contribution is 2.32. The minimum absolute atomic E-state index is 0.133. The van der Waals surface area contributed by atoms with Gasteiger partial charge in [-0.2, -0.15) is 0 Å². The van der Waals surface area contributed by atoms with Crippen molar-refractivity contribution in [3.05, 3.63) is 0 Å². The molecule has 2 heteroatoms. The Balaban J connectivity index is 2.39. The first-order valence-electron chi connectivity index (χ1n) is 5.30. The molecular weight excluding hydrogens is 164 g/mol. The van der Waals surface area contributed by atoms with Crippen LogP contribution in [-0.2, 0) is 9.53 Å². The first-order chi connectivity index (χ1) is 6.13. The second kappa shape index (κ2) is 4.64. The minimum Gasteiger partial charge on any atom is -0.462 e. The van der Waals surface area contributed by atoms with Crippen molar-refractivity contribution < 1.29 is 9.53 Å². The molecule has 1 fully saturated rings. The van der Waals surface area contributed by atoms with Crippen LogP contribution in [0.5, 0.6) is 0 Å². The van der Waals surface area contributed by atoms with Crippen molar-refractivity contribution in [3.8, 4) is 0 Å². The lowest BCUT2D eigenvalue weighted by Gasteiger charge is -2.32. The second-order valence-corrected chi connectivity index (χ2v) is 4.21. The molecule has 2 nitrogen and oxygen atoms in total. The third-order valence-electron chi connectivity index (χ3n) is 3.09. The molecule has 1 saturated carbocycles. The van der Waals surface area contributed by atoms with Crippen LogP contribution in [0.15, 0.2) is 0 Å². The number of carbonyl (C=O) groups excluding carboxylic acids is 1. The molecule has 3 atom stereocenters. The summed E-state index contributed by atoms with van der Waals surface area (Å²) in [6.45, 7) is 5.93. The number of ether oxygens (including phenoxy) is 1. The van der Waals surface area contributed by atoms with Crippen LogP contribution >= 0.6 is 0 Å². The van der Waals surface area contributed by atoms with Crippen molar-refractivity contribution in [2.24, 2.45) is 11.8 Å². The van der Waals surface area contributed by atoms with E-state index in [1.807, 2.05) is 0 Å². The monoisotopic (exact) mass is 184 g/mol. The average molecular weight is 184 g/mol. The number of carbonyl (C=O) groups is 1. The summed E-state index contributed by atoms with van der Waals surface area (Å²) in [4.78, 5) is 10.8. The smallest absolute Gasteiger partial charge is 0.302 e. The van der Waals surface area contributed by atoms with E-state index in [0.29, 0.717) is 5.92 Å². The molecule has 0 spiro atoms.